The number of anilines is 1. The summed E-state index contributed by atoms with van der Waals surface area (Å²) in [6, 6.07) is 5.30. The molecule has 1 aromatic carbocycles. The molecule has 2 aromatic rings. The zero-order valence-corrected chi connectivity index (χ0v) is 9.28. The van der Waals surface area contributed by atoms with Crippen LogP contribution in [0.2, 0.25) is 5.02 Å². The molecule has 0 aliphatic rings. The molecule has 4 nitrogen and oxygen atoms in total. The van der Waals surface area contributed by atoms with Crippen molar-refractivity contribution in [3.05, 3.63) is 29.0 Å². The first-order valence-electron chi connectivity index (χ1n) is 4.51. The molecule has 0 unspecified atom stereocenters. The fourth-order valence-electron chi connectivity index (χ4n) is 1.31. The van der Waals surface area contributed by atoms with Crippen LogP contribution in [0.3, 0.4) is 0 Å². The molecule has 78 valence electrons. The van der Waals surface area contributed by atoms with Crippen LogP contribution in [0.4, 0.5) is 5.69 Å². The van der Waals surface area contributed by atoms with Crippen molar-refractivity contribution in [1.29, 1.82) is 0 Å². The van der Waals surface area contributed by atoms with E-state index < -0.39 is 0 Å². The quantitative estimate of drug-likeness (QED) is 0.752. The Kier molecular flexibility index (Phi) is 2.36. The Balaban J connectivity index is 2.54. The lowest BCUT2D eigenvalue weighted by Gasteiger charge is -2.00. The third-order valence-corrected chi connectivity index (χ3v) is 2.47. The standard InChI is InChI=1S/C10H11ClN4/c1-6-13-10(14-15(6)2)8-4-3-7(11)5-9(8)12/h3-5H,12H2,1-2H3. The van der Waals surface area contributed by atoms with Crippen molar-refractivity contribution in [2.24, 2.45) is 7.05 Å². The Labute approximate surface area is 92.7 Å². The van der Waals surface area contributed by atoms with Gasteiger partial charge >= 0.3 is 0 Å². The summed E-state index contributed by atoms with van der Waals surface area (Å²) in [5, 5.41) is 4.87. The van der Waals surface area contributed by atoms with Crippen LogP contribution in [0.1, 0.15) is 5.82 Å². The largest absolute Gasteiger partial charge is 0.398 e. The van der Waals surface area contributed by atoms with Gasteiger partial charge in [0.2, 0.25) is 0 Å². The summed E-state index contributed by atoms with van der Waals surface area (Å²) in [6.45, 7) is 1.89. The highest BCUT2D eigenvalue weighted by Gasteiger charge is 2.09. The lowest BCUT2D eigenvalue weighted by Crippen LogP contribution is -1.94. The van der Waals surface area contributed by atoms with Gasteiger partial charge in [-0.2, -0.15) is 5.10 Å². The first-order chi connectivity index (χ1) is 7.08. The second-order valence-corrected chi connectivity index (χ2v) is 3.77. The number of aryl methyl sites for hydroxylation is 2. The molecule has 0 saturated carbocycles. The first-order valence-corrected chi connectivity index (χ1v) is 4.89. The summed E-state index contributed by atoms with van der Waals surface area (Å²) in [6.07, 6.45) is 0. The predicted molar refractivity (Wildman–Crippen MR) is 60.6 cm³/mol. The molecule has 0 spiro atoms. The first kappa shape index (κ1) is 9.98. The van der Waals surface area contributed by atoms with E-state index in [0.29, 0.717) is 16.5 Å². The number of benzene rings is 1. The topological polar surface area (TPSA) is 56.7 Å². The molecule has 1 heterocycles. The molecule has 0 atom stereocenters. The molecule has 0 saturated heterocycles. The van der Waals surface area contributed by atoms with Gasteiger partial charge in [-0.3, -0.25) is 4.68 Å². The number of hydrogen-bond donors (Lipinski definition) is 1. The lowest BCUT2D eigenvalue weighted by molar-refractivity contribution is 0.736. The molecule has 0 aliphatic carbocycles. The molecule has 0 bridgehead atoms. The van der Waals surface area contributed by atoms with Gasteiger partial charge in [-0.15, -0.1) is 0 Å². The molecule has 2 rings (SSSR count). The van der Waals surface area contributed by atoms with E-state index in [-0.39, 0.29) is 0 Å². The Hall–Kier alpha value is -1.55. The molecule has 2 N–H and O–H groups in total. The van der Waals surface area contributed by atoms with Gasteiger partial charge in [-0.1, -0.05) is 11.6 Å². The Morgan fingerprint density at radius 3 is 2.67 bits per heavy atom. The number of halogens is 1. The van der Waals surface area contributed by atoms with Crippen molar-refractivity contribution in [3.8, 4) is 11.4 Å². The minimum absolute atomic E-state index is 0.591. The summed E-state index contributed by atoms with van der Waals surface area (Å²) in [5.74, 6) is 1.48. The predicted octanol–water partition coefficient (Wildman–Crippen LogP) is 2.03. The van der Waals surface area contributed by atoms with E-state index in [1.165, 1.54) is 0 Å². The van der Waals surface area contributed by atoms with E-state index in [2.05, 4.69) is 10.1 Å². The van der Waals surface area contributed by atoms with E-state index in [9.17, 15) is 0 Å². The third kappa shape index (κ3) is 1.80. The number of aromatic nitrogens is 3. The second-order valence-electron chi connectivity index (χ2n) is 3.34. The number of hydrogen-bond acceptors (Lipinski definition) is 3. The van der Waals surface area contributed by atoms with E-state index in [1.807, 2.05) is 20.0 Å². The highest BCUT2D eigenvalue weighted by molar-refractivity contribution is 6.31. The fraction of sp³-hybridized carbons (Fsp3) is 0.200. The Bertz CT molecular complexity index is 485. The van der Waals surface area contributed by atoms with Crippen LogP contribution in [0.5, 0.6) is 0 Å². The maximum absolute atomic E-state index is 5.84. The number of nitrogens with two attached hydrogens (primary N) is 1. The second kappa shape index (κ2) is 3.55. The van der Waals surface area contributed by atoms with E-state index >= 15 is 0 Å². The van der Waals surface area contributed by atoms with Crippen molar-refractivity contribution in [1.82, 2.24) is 14.8 Å². The van der Waals surface area contributed by atoms with Crippen molar-refractivity contribution < 1.29 is 0 Å². The van der Waals surface area contributed by atoms with Gasteiger partial charge < -0.3 is 5.73 Å². The molecular formula is C10H11ClN4. The summed E-state index contributed by atoms with van der Waals surface area (Å²) < 4.78 is 1.71. The van der Waals surface area contributed by atoms with Gasteiger partial charge in [0.05, 0.1) is 0 Å². The molecular weight excluding hydrogens is 212 g/mol. The zero-order valence-electron chi connectivity index (χ0n) is 8.53. The highest BCUT2D eigenvalue weighted by Crippen LogP contribution is 2.25. The summed E-state index contributed by atoms with van der Waals surface area (Å²) in [5.41, 5.74) is 7.24. The van der Waals surface area contributed by atoms with E-state index in [4.69, 9.17) is 17.3 Å². The van der Waals surface area contributed by atoms with Crippen molar-refractivity contribution in [2.45, 2.75) is 6.92 Å². The van der Waals surface area contributed by atoms with Gasteiger partial charge in [-0.25, -0.2) is 4.98 Å². The van der Waals surface area contributed by atoms with Crippen LogP contribution in [0, 0.1) is 6.92 Å². The van der Waals surface area contributed by atoms with Crippen LogP contribution in [-0.4, -0.2) is 14.8 Å². The van der Waals surface area contributed by atoms with Gasteiger partial charge in [-0.05, 0) is 25.1 Å². The molecule has 0 amide bonds. The molecule has 5 heteroatoms. The minimum Gasteiger partial charge on any atom is -0.398 e. The molecule has 1 aromatic heterocycles. The van der Waals surface area contributed by atoms with E-state index in [1.54, 1.807) is 16.8 Å². The maximum Gasteiger partial charge on any atom is 0.183 e. The van der Waals surface area contributed by atoms with Crippen molar-refractivity contribution in [2.75, 3.05) is 5.73 Å². The normalized spacial score (nSPS) is 10.6. The van der Waals surface area contributed by atoms with Crippen molar-refractivity contribution in [3.63, 3.8) is 0 Å². The Morgan fingerprint density at radius 2 is 2.13 bits per heavy atom. The Morgan fingerprint density at radius 1 is 1.40 bits per heavy atom. The van der Waals surface area contributed by atoms with Crippen LogP contribution < -0.4 is 5.73 Å². The maximum atomic E-state index is 5.84. The van der Waals surface area contributed by atoms with Gasteiger partial charge in [0.25, 0.3) is 0 Å². The number of rotatable bonds is 1. The van der Waals surface area contributed by atoms with Gasteiger partial charge in [0, 0.05) is 23.3 Å². The summed E-state index contributed by atoms with van der Waals surface area (Å²) >= 11 is 5.81. The molecule has 0 radical (unpaired) electrons. The minimum atomic E-state index is 0.591. The van der Waals surface area contributed by atoms with Gasteiger partial charge in [0.15, 0.2) is 5.82 Å². The molecule has 15 heavy (non-hydrogen) atoms. The smallest absolute Gasteiger partial charge is 0.183 e. The van der Waals surface area contributed by atoms with Crippen LogP contribution in [0.25, 0.3) is 11.4 Å². The number of nitrogen functional groups attached to an aromatic ring is 1. The SMILES string of the molecule is Cc1nc(-c2ccc(Cl)cc2N)nn1C. The van der Waals surface area contributed by atoms with Crippen molar-refractivity contribution >= 4 is 17.3 Å². The summed E-state index contributed by atoms with van der Waals surface area (Å²) in [7, 11) is 1.85. The van der Waals surface area contributed by atoms with Gasteiger partial charge in [0.1, 0.15) is 5.82 Å². The van der Waals surface area contributed by atoms with Crippen LogP contribution in [-0.2, 0) is 7.05 Å². The van der Waals surface area contributed by atoms with Crippen LogP contribution >= 0.6 is 11.6 Å². The lowest BCUT2D eigenvalue weighted by atomic mass is 10.2. The average molecular weight is 223 g/mol. The third-order valence-electron chi connectivity index (χ3n) is 2.24. The van der Waals surface area contributed by atoms with Crippen LogP contribution in [0.15, 0.2) is 18.2 Å². The summed E-state index contributed by atoms with van der Waals surface area (Å²) in [4.78, 5) is 4.30. The average Bonchev–Trinajstić information content (AvgIpc) is 2.46. The molecule has 0 aliphatic heterocycles. The van der Waals surface area contributed by atoms with E-state index in [0.717, 1.165) is 11.4 Å². The fourth-order valence-corrected chi connectivity index (χ4v) is 1.49. The highest BCUT2D eigenvalue weighted by atomic mass is 35.5. The number of nitrogens with zero attached hydrogens (tertiary/aromatic N) is 3. The zero-order chi connectivity index (χ0) is 11.0. The molecule has 0 fully saturated rings. The monoisotopic (exact) mass is 222 g/mol.